The van der Waals surface area contributed by atoms with Crippen molar-refractivity contribution >= 4 is 40.6 Å². The zero-order chi connectivity index (χ0) is 24.1. The molecule has 9 heteroatoms. The molecule has 0 fully saturated rings. The first-order chi connectivity index (χ1) is 16.6. The summed E-state index contributed by atoms with van der Waals surface area (Å²) < 4.78 is 13.0. The summed E-state index contributed by atoms with van der Waals surface area (Å²) in [5.41, 5.74) is 2.44. The molecule has 2 amide bonds. The Labute approximate surface area is 205 Å². The molecule has 0 saturated heterocycles. The Morgan fingerprint density at radius 1 is 1.21 bits per heavy atom. The van der Waals surface area contributed by atoms with Crippen LogP contribution < -0.4 is 10.6 Å². The molecule has 0 spiro atoms. The van der Waals surface area contributed by atoms with Crippen molar-refractivity contribution in [1.82, 2.24) is 15.3 Å². The number of thiazole rings is 1. The number of hydrogen-bond acceptors (Lipinski definition) is 6. The maximum atomic E-state index is 13.0. The number of nitrogens with zero attached hydrogens (tertiary/aromatic N) is 2. The Bertz CT molecular complexity index is 1270. The van der Waals surface area contributed by atoms with Gasteiger partial charge in [-0.3, -0.25) is 14.6 Å². The minimum atomic E-state index is -0.403. The van der Waals surface area contributed by atoms with Gasteiger partial charge >= 0.3 is 0 Å². The summed E-state index contributed by atoms with van der Waals surface area (Å²) >= 11 is 3.01. The third-order valence-electron chi connectivity index (χ3n) is 5.05. The van der Waals surface area contributed by atoms with Gasteiger partial charge in [0.1, 0.15) is 10.8 Å². The van der Waals surface area contributed by atoms with Crippen LogP contribution in [0, 0.1) is 5.82 Å². The maximum Gasteiger partial charge on any atom is 0.252 e. The first kappa shape index (κ1) is 23.8. The molecule has 1 aliphatic heterocycles. The Morgan fingerprint density at radius 2 is 2.06 bits per heavy atom. The van der Waals surface area contributed by atoms with E-state index in [0.717, 1.165) is 28.0 Å². The van der Waals surface area contributed by atoms with Crippen LogP contribution in [0.2, 0.25) is 0 Å². The molecule has 1 unspecified atom stereocenters. The van der Waals surface area contributed by atoms with Crippen LogP contribution in [0.1, 0.15) is 35.5 Å². The van der Waals surface area contributed by atoms with E-state index in [0.29, 0.717) is 28.5 Å². The number of aromatic nitrogens is 2. The number of benzene rings is 1. The molecule has 0 bridgehead atoms. The first-order valence-electron chi connectivity index (χ1n) is 10.9. The average Bonchev–Trinajstić information content (AvgIpc) is 3.29. The fraction of sp³-hybridized carbons (Fsp3) is 0.200. The van der Waals surface area contributed by atoms with E-state index in [9.17, 15) is 14.0 Å². The normalized spacial score (nSPS) is 16.1. The van der Waals surface area contributed by atoms with E-state index in [2.05, 4.69) is 26.7 Å². The molecule has 5 rings (SSSR count). The number of rotatable bonds is 4. The van der Waals surface area contributed by atoms with Crippen LogP contribution in [0.25, 0.3) is 10.7 Å². The lowest BCUT2D eigenvalue weighted by atomic mass is 10.0. The summed E-state index contributed by atoms with van der Waals surface area (Å²) in [4.78, 5) is 35.4. The Morgan fingerprint density at radius 3 is 2.85 bits per heavy atom. The quantitative estimate of drug-likeness (QED) is 0.493. The van der Waals surface area contributed by atoms with Gasteiger partial charge in [0.05, 0.1) is 24.1 Å². The fourth-order valence-corrected chi connectivity index (χ4v) is 5.48. The highest BCUT2D eigenvalue weighted by atomic mass is 32.2. The number of pyridine rings is 1. The number of fused-ring (bicyclic) bond motifs is 2. The highest BCUT2D eigenvalue weighted by molar-refractivity contribution is 8.00. The van der Waals surface area contributed by atoms with Crippen LogP contribution in [0.3, 0.4) is 0 Å². The molecule has 34 heavy (non-hydrogen) atoms. The zero-order valence-corrected chi connectivity index (χ0v) is 20.3. The number of nitrogens with one attached hydrogen (secondary N) is 2. The van der Waals surface area contributed by atoms with Crippen LogP contribution >= 0.6 is 23.1 Å². The van der Waals surface area contributed by atoms with Gasteiger partial charge in [0.25, 0.3) is 11.8 Å². The van der Waals surface area contributed by atoms with Crippen LogP contribution in [0.4, 0.5) is 10.1 Å². The lowest BCUT2D eigenvalue weighted by molar-refractivity contribution is -0.112. The summed E-state index contributed by atoms with van der Waals surface area (Å²) in [6.07, 6.45) is 9.42. The van der Waals surface area contributed by atoms with Crippen molar-refractivity contribution in [2.45, 2.75) is 37.0 Å². The Balaban J connectivity index is 0.00000133. The fourth-order valence-electron chi connectivity index (χ4n) is 3.44. The van der Waals surface area contributed by atoms with Crippen LogP contribution in [-0.2, 0) is 11.3 Å². The summed E-state index contributed by atoms with van der Waals surface area (Å²) in [6.45, 7) is 4.30. The van der Waals surface area contributed by atoms with Crippen molar-refractivity contribution in [3.8, 4) is 10.7 Å². The molecule has 6 nitrogen and oxygen atoms in total. The zero-order valence-electron chi connectivity index (χ0n) is 18.7. The second-order valence-electron chi connectivity index (χ2n) is 7.23. The van der Waals surface area contributed by atoms with Gasteiger partial charge in [-0.2, -0.15) is 0 Å². The van der Waals surface area contributed by atoms with E-state index in [1.807, 2.05) is 32.1 Å². The lowest BCUT2D eigenvalue weighted by Crippen LogP contribution is -2.23. The average molecular weight is 495 g/mol. The molecule has 0 radical (unpaired) electrons. The van der Waals surface area contributed by atoms with Gasteiger partial charge in [0.15, 0.2) is 0 Å². The molecule has 1 atom stereocenters. The second-order valence-corrected chi connectivity index (χ2v) is 9.59. The van der Waals surface area contributed by atoms with E-state index in [1.165, 1.54) is 17.4 Å². The third kappa shape index (κ3) is 5.26. The monoisotopic (exact) mass is 494 g/mol. The van der Waals surface area contributed by atoms with E-state index in [-0.39, 0.29) is 17.1 Å². The van der Waals surface area contributed by atoms with Crippen molar-refractivity contribution in [2.75, 3.05) is 5.32 Å². The van der Waals surface area contributed by atoms with Gasteiger partial charge in [-0.1, -0.05) is 32.1 Å². The molecule has 1 aliphatic carbocycles. The molecule has 2 N–H and O–H groups in total. The molecular formula is C25H23FN4O2S2. The first-order valence-corrected chi connectivity index (χ1v) is 12.6. The van der Waals surface area contributed by atoms with Crippen LogP contribution in [0.5, 0.6) is 0 Å². The molecule has 2 aromatic heterocycles. The number of halogens is 1. The highest BCUT2D eigenvalue weighted by Gasteiger charge is 2.28. The number of carbonyl (C=O) groups is 2. The van der Waals surface area contributed by atoms with Crippen molar-refractivity contribution in [1.29, 1.82) is 0 Å². The van der Waals surface area contributed by atoms with E-state index in [4.69, 9.17) is 0 Å². The Hall–Kier alpha value is -3.30. The molecule has 0 saturated carbocycles. The van der Waals surface area contributed by atoms with Crippen LogP contribution in [-0.4, -0.2) is 27.0 Å². The molecule has 3 heterocycles. The van der Waals surface area contributed by atoms with Gasteiger partial charge in [0, 0.05) is 32.4 Å². The smallest absolute Gasteiger partial charge is 0.252 e. The standard InChI is InChI=1S/C23H17FN4O2S2.C2H6/c24-14-6-7-17(25-10-14)23-27-12-15(31-23)11-26-21(29)13-5-8-20-18(9-13)28-22(30)16-3-1-2-4-19(16)32-20;1-2/h1-3,5-10,12,19H,4,11H2,(H,26,29)(H,28,30);1-2H3. The van der Waals surface area contributed by atoms with Gasteiger partial charge in [-0.05, 0) is 36.8 Å². The number of amides is 2. The van der Waals surface area contributed by atoms with Gasteiger partial charge in [-0.25, -0.2) is 9.37 Å². The van der Waals surface area contributed by atoms with E-state index in [1.54, 1.807) is 36.2 Å². The SMILES string of the molecule is CC.O=C1Nc2cc(C(=O)NCc3cnc(-c4ccc(F)cn4)s3)ccc2SC2CC=CC=C12. The number of thioether (sulfide) groups is 1. The molecule has 2 aliphatic rings. The molecule has 1 aromatic carbocycles. The number of hydrogen-bond donors (Lipinski definition) is 2. The highest BCUT2D eigenvalue weighted by Crippen LogP contribution is 2.40. The van der Waals surface area contributed by atoms with E-state index < -0.39 is 5.82 Å². The molecule has 3 aromatic rings. The summed E-state index contributed by atoms with van der Waals surface area (Å²) in [7, 11) is 0. The van der Waals surface area contributed by atoms with Crippen molar-refractivity contribution < 1.29 is 14.0 Å². The topological polar surface area (TPSA) is 84.0 Å². The summed E-state index contributed by atoms with van der Waals surface area (Å²) in [5, 5.41) is 6.55. The largest absolute Gasteiger partial charge is 0.347 e. The predicted octanol–water partition coefficient (Wildman–Crippen LogP) is 5.60. The van der Waals surface area contributed by atoms with E-state index >= 15 is 0 Å². The number of allylic oxidation sites excluding steroid dienone is 3. The maximum absolute atomic E-state index is 13.0. The molecule has 174 valence electrons. The lowest BCUT2D eigenvalue weighted by Gasteiger charge is -2.16. The van der Waals surface area contributed by atoms with Crippen molar-refractivity contribution in [3.63, 3.8) is 0 Å². The third-order valence-corrected chi connectivity index (χ3v) is 7.41. The van der Waals surface area contributed by atoms with Gasteiger partial charge in [0.2, 0.25) is 0 Å². The predicted molar refractivity (Wildman–Crippen MR) is 134 cm³/mol. The Kier molecular flexibility index (Phi) is 7.54. The summed E-state index contributed by atoms with van der Waals surface area (Å²) in [5.74, 6) is -0.778. The number of anilines is 1. The number of carbonyl (C=O) groups excluding carboxylic acids is 2. The summed E-state index contributed by atoms with van der Waals surface area (Å²) in [6, 6.07) is 8.26. The minimum Gasteiger partial charge on any atom is -0.347 e. The minimum absolute atomic E-state index is 0.0806. The van der Waals surface area contributed by atoms with Crippen molar-refractivity contribution in [3.05, 3.63) is 82.8 Å². The van der Waals surface area contributed by atoms with Gasteiger partial charge < -0.3 is 10.6 Å². The van der Waals surface area contributed by atoms with Gasteiger partial charge in [-0.15, -0.1) is 23.1 Å². The van der Waals surface area contributed by atoms with Crippen LogP contribution in [0.15, 0.2) is 71.4 Å². The second kappa shape index (κ2) is 10.8. The van der Waals surface area contributed by atoms with Crippen molar-refractivity contribution in [2.24, 2.45) is 0 Å². The molecular weight excluding hydrogens is 471 g/mol.